The maximum Gasteiger partial charge on any atom is 0.303 e. The molecule has 100 valence electrons. The molecule has 0 aliphatic heterocycles. The van der Waals surface area contributed by atoms with Crippen LogP contribution in [0.2, 0.25) is 0 Å². The van der Waals surface area contributed by atoms with Gasteiger partial charge in [-0.15, -0.1) is 0 Å². The Hall–Kier alpha value is -1.45. The zero-order chi connectivity index (χ0) is 13.8. The first-order valence-corrected chi connectivity index (χ1v) is 6.00. The number of aliphatic carboxylic acids is 1. The molecule has 2 nitrogen and oxygen atoms in total. The number of carboxylic acids is 1. The number of hydrogen-bond acceptors (Lipinski definition) is 1. The molecule has 1 rings (SSSR count). The van der Waals surface area contributed by atoms with Crippen LogP contribution in [-0.4, -0.2) is 11.1 Å². The van der Waals surface area contributed by atoms with E-state index in [1.807, 2.05) is 6.92 Å². The van der Waals surface area contributed by atoms with Gasteiger partial charge in [-0.25, -0.2) is 8.78 Å². The van der Waals surface area contributed by atoms with Gasteiger partial charge >= 0.3 is 5.97 Å². The van der Waals surface area contributed by atoms with Gasteiger partial charge in [0.1, 0.15) is 0 Å². The van der Waals surface area contributed by atoms with Gasteiger partial charge in [0.05, 0.1) is 0 Å². The second-order valence-corrected chi connectivity index (χ2v) is 4.62. The van der Waals surface area contributed by atoms with Crippen LogP contribution in [-0.2, 0) is 10.7 Å². The first-order valence-electron chi connectivity index (χ1n) is 6.00. The van der Waals surface area contributed by atoms with Gasteiger partial charge < -0.3 is 5.11 Å². The number of rotatable bonds is 6. The predicted molar refractivity (Wildman–Crippen MR) is 65.9 cm³/mol. The highest BCUT2D eigenvalue weighted by atomic mass is 19.3. The second-order valence-electron chi connectivity index (χ2n) is 4.62. The fourth-order valence-corrected chi connectivity index (χ4v) is 1.98. The normalized spacial score (nSPS) is 11.6. The van der Waals surface area contributed by atoms with Crippen molar-refractivity contribution in [1.82, 2.24) is 0 Å². The van der Waals surface area contributed by atoms with Gasteiger partial charge in [0, 0.05) is 18.4 Å². The molecule has 0 bridgehead atoms. The molecule has 0 radical (unpaired) electrons. The molecular weight excluding hydrogens is 238 g/mol. The predicted octanol–water partition coefficient (Wildman–Crippen LogP) is 4.04. The van der Waals surface area contributed by atoms with Gasteiger partial charge in [-0.3, -0.25) is 4.79 Å². The molecule has 0 aliphatic carbocycles. The van der Waals surface area contributed by atoms with Crippen molar-refractivity contribution in [3.05, 3.63) is 34.9 Å². The van der Waals surface area contributed by atoms with Crippen LogP contribution in [0.25, 0.3) is 0 Å². The molecule has 18 heavy (non-hydrogen) atoms. The van der Waals surface area contributed by atoms with Crippen LogP contribution >= 0.6 is 0 Å². The van der Waals surface area contributed by atoms with Gasteiger partial charge in [0.15, 0.2) is 0 Å². The van der Waals surface area contributed by atoms with E-state index in [2.05, 4.69) is 0 Å². The second kappa shape index (κ2) is 5.94. The Morgan fingerprint density at radius 1 is 1.28 bits per heavy atom. The Labute approximate surface area is 106 Å². The van der Waals surface area contributed by atoms with Crippen molar-refractivity contribution < 1.29 is 18.7 Å². The van der Waals surface area contributed by atoms with Gasteiger partial charge in [0.25, 0.3) is 5.92 Å². The van der Waals surface area contributed by atoms with E-state index >= 15 is 0 Å². The summed E-state index contributed by atoms with van der Waals surface area (Å²) in [4.78, 5) is 10.3. The minimum absolute atomic E-state index is 0.0448. The molecule has 1 aromatic rings. The zero-order valence-electron chi connectivity index (χ0n) is 10.7. The summed E-state index contributed by atoms with van der Waals surface area (Å²) in [5, 5.41) is 8.45. The fourth-order valence-electron chi connectivity index (χ4n) is 1.98. The van der Waals surface area contributed by atoms with Gasteiger partial charge in [0.2, 0.25) is 0 Å². The highest BCUT2D eigenvalue weighted by molar-refractivity contribution is 5.66. The minimum Gasteiger partial charge on any atom is -0.481 e. The van der Waals surface area contributed by atoms with E-state index in [1.165, 1.54) is 6.07 Å². The average molecular weight is 256 g/mol. The lowest BCUT2D eigenvalue weighted by Gasteiger charge is -2.19. The molecule has 4 heteroatoms. The van der Waals surface area contributed by atoms with Crippen LogP contribution in [0.1, 0.15) is 42.4 Å². The number of alkyl halides is 2. The molecule has 0 aromatic heterocycles. The smallest absolute Gasteiger partial charge is 0.303 e. The molecule has 0 heterocycles. The highest BCUT2D eigenvalue weighted by Crippen LogP contribution is 2.35. The number of carbonyl (C=O) groups is 1. The quantitative estimate of drug-likeness (QED) is 0.780. The lowest BCUT2D eigenvalue weighted by molar-refractivity contribution is -0.137. The minimum atomic E-state index is -2.88. The van der Waals surface area contributed by atoms with E-state index in [-0.39, 0.29) is 31.2 Å². The Morgan fingerprint density at radius 2 is 1.94 bits per heavy atom. The summed E-state index contributed by atoms with van der Waals surface area (Å²) >= 11 is 0. The first-order chi connectivity index (χ1) is 8.33. The van der Waals surface area contributed by atoms with Gasteiger partial charge in [-0.05, 0) is 32.3 Å². The van der Waals surface area contributed by atoms with Gasteiger partial charge in [-0.1, -0.05) is 23.8 Å². The van der Waals surface area contributed by atoms with E-state index in [4.69, 9.17) is 5.11 Å². The Morgan fingerprint density at radius 3 is 2.50 bits per heavy atom. The SMILES string of the molecule is Cc1ccc(C(F)(F)CCCCC(=O)O)c(C)c1. The van der Waals surface area contributed by atoms with Crippen molar-refractivity contribution in [2.24, 2.45) is 0 Å². The Kier molecular flexibility index (Phi) is 4.82. The summed E-state index contributed by atoms with van der Waals surface area (Å²) in [7, 11) is 0. The summed E-state index contributed by atoms with van der Waals surface area (Å²) in [5.41, 5.74) is 1.58. The monoisotopic (exact) mass is 256 g/mol. The number of unbranched alkanes of at least 4 members (excludes halogenated alkanes) is 1. The summed E-state index contributed by atoms with van der Waals surface area (Å²) in [6.07, 6.45) is 0.148. The molecule has 0 amide bonds. The van der Waals surface area contributed by atoms with Crippen molar-refractivity contribution in [2.75, 3.05) is 0 Å². The van der Waals surface area contributed by atoms with Crippen molar-refractivity contribution >= 4 is 5.97 Å². The van der Waals surface area contributed by atoms with Crippen LogP contribution in [0, 0.1) is 13.8 Å². The number of aryl methyl sites for hydroxylation is 2. The lowest BCUT2D eigenvalue weighted by atomic mass is 9.96. The fraction of sp³-hybridized carbons (Fsp3) is 0.500. The largest absolute Gasteiger partial charge is 0.481 e. The van der Waals surface area contributed by atoms with Crippen LogP contribution in [0.3, 0.4) is 0 Å². The van der Waals surface area contributed by atoms with Crippen LogP contribution < -0.4 is 0 Å². The van der Waals surface area contributed by atoms with E-state index < -0.39 is 11.9 Å². The van der Waals surface area contributed by atoms with E-state index in [9.17, 15) is 13.6 Å². The number of halogens is 2. The molecule has 0 unspecified atom stereocenters. The van der Waals surface area contributed by atoms with Crippen molar-refractivity contribution in [2.45, 2.75) is 45.5 Å². The van der Waals surface area contributed by atoms with Crippen molar-refractivity contribution in [3.63, 3.8) is 0 Å². The molecule has 0 atom stereocenters. The van der Waals surface area contributed by atoms with E-state index in [0.29, 0.717) is 5.56 Å². The standard InChI is InChI=1S/C14H18F2O2/c1-10-6-7-12(11(2)9-10)14(15,16)8-4-3-5-13(17)18/h6-7,9H,3-5,8H2,1-2H3,(H,17,18). The average Bonchev–Trinajstić information content (AvgIpc) is 2.23. The summed E-state index contributed by atoms with van der Waals surface area (Å²) in [6, 6.07) is 4.87. The topological polar surface area (TPSA) is 37.3 Å². The van der Waals surface area contributed by atoms with Crippen LogP contribution in [0.5, 0.6) is 0 Å². The van der Waals surface area contributed by atoms with Gasteiger partial charge in [-0.2, -0.15) is 0 Å². The maximum atomic E-state index is 13.9. The Bertz CT molecular complexity index is 428. The number of benzene rings is 1. The number of carboxylic acid groups (broad SMARTS) is 1. The first kappa shape index (κ1) is 14.6. The number of hydrogen-bond donors (Lipinski definition) is 1. The summed E-state index contributed by atoms with van der Waals surface area (Å²) in [5.74, 6) is -3.82. The maximum absolute atomic E-state index is 13.9. The molecule has 1 aromatic carbocycles. The summed E-state index contributed by atoms with van der Waals surface area (Å²) in [6.45, 7) is 3.54. The molecular formula is C14H18F2O2. The molecule has 0 spiro atoms. The third-order valence-corrected chi connectivity index (χ3v) is 2.91. The third kappa shape index (κ3) is 4.09. The molecule has 1 N–H and O–H groups in total. The highest BCUT2D eigenvalue weighted by Gasteiger charge is 2.32. The van der Waals surface area contributed by atoms with E-state index in [0.717, 1.165) is 5.56 Å². The van der Waals surface area contributed by atoms with Crippen molar-refractivity contribution in [1.29, 1.82) is 0 Å². The molecule has 0 saturated heterocycles. The Balaban J connectivity index is 2.64. The third-order valence-electron chi connectivity index (χ3n) is 2.91. The molecule has 0 fully saturated rings. The lowest BCUT2D eigenvalue weighted by Crippen LogP contribution is -2.15. The van der Waals surface area contributed by atoms with Crippen molar-refractivity contribution in [3.8, 4) is 0 Å². The molecule has 0 saturated carbocycles. The van der Waals surface area contributed by atoms with E-state index in [1.54, 1.807) is 19.1 Å². The van der Waals surface area contributed by atoms with Crippen LogP contribution in [0.4, 0.5) is 8.78 Å². The zero-order valence-corrected chi connectivity index (χ0v) is 10.7. The summed E-state index contributed by atoms with van der Waals surface area (Å²) < 4.78 is 27.9. The molecule has 0 aliphatic rings. The van der Waals surface area contributed by atoms with Crippen LogP contribution in [0.15, 0.2) is 18.2 Å².